The lowest BCUT2D eigenvalue weighted by molar-refractivity contribution is 0.0283. The molecular formula is C15H23BrO2. The maximum absolute atomic E-state index is 10.5. The van der Waals surface area contributed by atoms with Crippen LogP contribution in [-0.2, 0) is 5.60 Å². The standard InChI is InChI=1S/C15H23BrO2/c1-4-7-10-18-14-9-8-12(11-13(14)16)15(17,5-2)6-3/h8-9,11,17H,4-7,10H2,1-3H3. The molecule has 0 saturated carbocycles. The van der Waals surface area contributed by atoms with Crippen molar-refractivity contribution >= 4 is 15.9 Å². The van der Waals surface area contributed by atoms with Crippen molar-refractivity contribution < 1.29 is 9.84 Å². The van der Waals surface area contributed by atoms with Crippen LogP contribution >= 0.6 is 15.9 Å². The van der Waals surface area contributed by atoms with Gasteiger partial charge in [0.05, 0.1) is 16.7 Å². The van der Waals surface area contributed by atoms with Crippen molar-refractivity contribution in [3.05, 3.63) is 28.2 Å². The fourth-order valence-electron chi connectivity index (χ4n) is 1.89. The summed E-state index contributed by atoms with van der Waals surface area (Å²) in [5, 5.41) is 10.5. The highest BCUT2D eigenvalue weighted by molar-refractivity contribution is 9.10. The molecule has 0 spiro atoms. The molecule has 0 fully saturated rings. The molecule has 0 aromatic heterocycles. The van der Waals surface area contributed by atoms with Gasteiger partial charge in [-0.2, -0.15) is 0 Å². The van der Waals surface area contributed by atoms with E-state index in [0.29, 0.717) is 12.8 Å². The molecule has 2 nitrogen and oxygen atoms in total. The second-order valence-corrected chi connectivity index (χ2v) is 5.44. The summed E-state index contributed by atoms with van der Waals surface area (Å²) in [5.41, 5.74) is 0.215. The molecule has 102 valence electrons. The summed E-state index contributed by atoms with van der Waals surface area (Å²) in [7, 11) is 0. The van der Waals surface area contributed by atoms with Crippen LogP contribution in [0, 0.1) is 0 Å². The van der Waals surface area contributed by atoms with Gasteiger partial charge >= 0.3 is 0 Å². The van der Waals surface area contributed by atoms with E-state index in [9.17, 15) is 5.11 Å². The molecule has 0 aliphatic carbocycles. The van der Waals surface area contributed by atoms with E-state index >= 15 is 0 Å². The molecule has 0 saturated heterocycles. The van der Waals surface area contributed by atoms with Crippen LogP contribution in [0.15, 0.2) is 22.7 Å². The average Bonchev–Trinajstić information content (AvgIpc) is 2.40. The van der Waals surface area contributed by atoms with Crippen molar-refractivity contribution in [2.75, 3.05) is 6.61 Å². The minimum absolute atomic E-state index is 0.714. The number of hydrogen-bond acceptors (Lipinski definition) is 2. The van der Waals surface area contributed by atoms with E-state index in [0.717, 1.165) is 35.2 Å². The Morgan fingerprint density at radius 3 is 2.39 bits per heavy atom. The van der Waals surface area contributed by atoms with Crippen LogP contribution in [0.25, 0.3) is 0 Å². The minimum Gasteiger partial charge on any atom is -0.492 e. The highest BCUT2D eigenvalue weighted by Gasteiger charge is 2.25. The predicted molar refractivity (Wildman–Crippen MR) is 79.0 cm³/mol. The van der Waals surface area contributed by atoms with Crippen molar-refractivity contribution in [2.24, 2.45) is 0 Å². The van der Waals surface area contributed by atoms with Crippen LogP contribution in [-0.4, -0.2) is 11.7 Å². The molecule has 1 aromatic rings. The normalized spacial score (nSPS) is 11.6. The number of unbranched alkanes of at least 4 members (excludes halogenated alkanes) is 1. The highest BCUT2D eigenvalue weighted by Crippen LogP contribution is 2.34. The first-order valence-electron chi connectivity index (χ1n) is 6.72. The number of halogens is 1. The first-order valence-corrected chi connectivity index (χ1v) is 7.51. The second-order valence-electron chi connectivity index (χ2n) is 4.59. The molecule has 18 heavy (non-hydrogen) atoms. The minimum atomic E-state index is -0.732. The first kappa shape index (κ1) is 15.5. The van der Waals surface area contributed by atoms with Crippen molar-refractivity contribution in [3.8, 4) is 5.75 Å². The summed E-state index contributed by atoms with van der Waals surface area (Å²) in [4.78, 5) is 0. The molecule has 0 atom stereocenters. The molecule has 0 aliphatic heterocycles. The lowest BCUT2D eigenvalue weighted by Gasteiger charge is -2.26. The number of benzene rings is 1. The Labute approximate surface area is 118 Å². The van der Waals surface area contributed by atoms with Gasteiger partial charge in [0.2, 0.25) is 0 Å². The van der Waals surface area contributed by atoms with Crippen molar-refractivity contribution in [2.45, 2.75) is 52.1 Å². The Hall–Kier alpha value is -0.540. The van der Waals surface area contributed by atoms with Crippen molar-refractivity contribution in [3.63, 3.8) is 0 Å². The largest absolute Gasteiger partial charge is 0.492 e. The van der Waals surface area contributed by atoms with Gasteiger partial charge in [0.1, 0.15) is 5.75 Å². The summed E-state index contributed by atoms with van der Waals surface area (Å²) in [6.45, 7) is 6.89. The fraction of sp³-hybridized carbons (Fsp3) is 0.600. The highest BCUT2D eigenvalue weighted by atomic mass is 79.9. The maximum Gasteiger partial charge on any atom is 0.133 e. The molecule has 0 aliphatic rings. The van der Waals surface area contributed by atoms with Gasteiger partial charge in [-0.05, 0) is 52.9 Å². The smallest absolute Gasteiger partial charge is 0.133 e. The maximum atomic E-state index is 10.5. The molecule has 3 heteroatoms. The van der Waals surface area contributed by atoms with Crippen molar-refractivity contribution in [1.82, 2.24) is 0 Å². The molecule has 1 N–H and O–H groups in total. The zero-order valence-electron chi connectivity index (χ0n) is 11.5. The van der Waals surface area contributed by atoms with Crippen LogP contribution in [0.5, 0.6) is 5.75 Å². The van der Waals surface area contributed by atoms with Crippen LogP contribution in [0.2, 0.25) is 0 Å². The van der Waals surface area contributed by atoms with E-state index in [4.69, 9.17) is 4.74 Å². The number of ether oxygens (including phenoxy) is 1. The van der Waals surface area contributed by atoms with E-state index in [1.54, 1.807) is 0 Å². The van der Waals surface area contributed by atoms with Crippen molar-refractivity contribution in [1.29, 1.82) is 0 Å². The molecule has 0 bridgehead atoms. The van der Waals surface area contributed by atoms with Gasteiger partial charge in [0.15, 0.2) is 0 Å². The van der Waals surface area contributed by atoms with Crippen LogP contribution < -0.4 is 4.74 Å². The molecule has 0 heterocycles. The molecule has 1 rings (SSSR count). The average molecular weight is 315 g/mol. The summed E-state index contributed by atoms with van der Waals surface area (Å²) in [6.07, 6.45) is 3.61. The van der Waals surface area contributed by atoms with E-state index in [1.165, 1.54) is 0 Å². The summed E-state index contributed by atoms with van der Waals surface area (Å²) in [5.74, 6) is 0.849. The Bertz CT molecular complexity index is 373. The van der Waals surface area contributed by atoms with Crippen LogP contribution in [0.1, 0.15) is 52.0 Å². The Morgan fingerprint density at radius 2 is 1.89 bits per heavy atom. The quantitative estimate of drug-likeness (QED) is 0.743. The zero-order valence-corrected chi connectivity index (χ0v) is 13.1. The van der Waals surface area contributed by atoms with Crippen LogP contribution in [0.4, 0.5) is 0 Å². The lowest BCUT2D eigenvalue weighted by Crippen LogP contribution is -2.23. The molecule has 0 amide bonds. The van der Waals surface area contributed by atoms with E-state index in [1.807, 2.05) is 32.0 Å². The monoisotopic (exact) mass is 314 g/mol. The van der Waals surface area contributed by atoms with Gasteiger partial charge < -0.3 is 9.84 Å². The number of hydrogen-bond donors (Lipinski definition) is 1. The van der Waals surface area contributed by atoms with Gasteiger partial charge in [-0.3, -0.25) is 0 Å². The Balaban J connectivity index is 2.85. The van der Waals surface area contributed by atoms with Gasteiger partial charge in [0, 0.05) is 0 Å². The van der Waals surface area contributed by atoms with E-state index in [2.05, 4.69) is 22.9 Å². The number of rotatable bonds is 7. The predicted octanol–water partition coefficient (Wildman–Crippen LogP) is 4.64. The third kappa shape index (κ3) is 3.72. The third-order valence-corrected chi connectivity index (χ3v) is 4.01. The second kappa shape index (κ2) is 7.15. The van der Waals surface area contributed by atoms with E-state index < -0.39 is 5.60 Å². The topological polar surface area (TPSA) is 29.5 Å². The first-order chi connectivity index (χ1) is 8.57. The lowest BCUT2D eigenvalue weighted by atomic mass is 9.89. The Morgan fingerprint density at radius 1 is 1.22 bits per heavy atom. The summed E-state index contributed by atoms with van der Waals surface area (Å²) < 4.78 is 6.60. The summed E-state index contributed by atoms with van der Waals surface area (Å²) in [6, 6.07) is 5.86. The van der Waals surface area contributed by atoms with E-state index in [-0.39, 0.29) is 0 Å². The molecular weight excluding hydrogens is 292 g/mol. The van der Waals surface area contributed by atoms with Crippen LogP contribution in [0.3, 0.4) is 0 Å². The third-order valence-electron chi connectivity index (χ3n) is 3.39. The molecule has 0 radical (unpaired) electrons. The SMILES string of the molecule is CCCCOc1ccc(C(O)(CC)CC)cc1Br. The van der Waals surface area contributed by atoms with Gasteiger partial charge in [-0.25, -0.2) is 0 Å². The molecule has 1 aromatic carbocycles. The van der Waals surface area contributed by atoms with Gasteiger partial charge in [-0.1, -0.05) is 33.3 Å². The number of aliphatic hydroxyl groups is 1. The molecule has 0 unspecified atom stereocenters. The fourth-order valence-corrected chi connectivity index (χ4v) is 2.39. The van der Waals surface area contributed by atoms with Gasteiger partial charge in [0.25, 0.3) is 0 Å². The Kier molecular flexibility index (Phi) is 6.16. The summed E-state index contributed by atoms with van der Waals surface area (Å²) >= 11 is 3.51. The zero-order chi connectivity index (χ0) is 13.6. The van der Waals surface area contributed by atoms with Gasteiger partial charge in [-0.15, -0.1) is 0 Å².